The summed E-state index contributed by atoms with van der Waals surface area (Å²) in [5.41, 5.74) is 3.09. The highest BCUT2D eigenvalue weighted by atomic mass is 35.5. The number of halogens is 1. The molecule has 18 heavy (non-hydrogen) atoms. The summed E-state index contributed by atoms with van der Waals surface area (Å²) in [6.45, 7) is 5.71. The molecule has 1 fully saturated rings. The van der Waals surface area contributed by atoms with E-state index in [-0.39, 0.29) is 5.91 Å². The fourth-order valence-electron chi connectivity index (χ4n) is 2.60. The van der Waals surface area contributed by atoms with Crippen LogP contribution in [0.25, 0.3) is 0 Å². The number of hydrogen-bond acceptors (Lipinski definition) is 1. The van der Waals surface area contributed by atoms with E-state index in [4.69, 9.17) is 11.6 Å². The molecule has 1 atom stereocenters. The maximum atomic E-state index is 12.5. The lowest BCUT2D eigenvalue weighted by Crippen LogP contribution is -2.40. The number of piperidine rings is 1. The van der Waals surface area contributed by atoms with Gasteiger partial charge in [0.25, 0.3) is 5.91 Å². The van der Waals surface area contributed by atoms with Gasteiger partial charge in [-0.05, 0) is 44.2 Å². The molecule has 0 N–H and O–H groups in total. The fraction of sp³-hybridized carbons (Fsp3) is 0.533. The van der Waals surface area contributed by atoms with Crippen molar-refractivity contribution in [2.45, 2.75) is 26.7 Å². The predicted octanol–water partition coefficient (Wildman–Crippen LogP) is 3.39. The topological polar surface area (TPSA) is 20.3 Å². The van der Waals surface area contributed by atoms with E-state index in [1.54, 1.807) is 0 Å². The Hall–Kier alpha value is -1.02. The van der Waals surface area contributed by atoms with Gasteiger partial charge in [-0.2, -0.15) is 0 Å². The van der Waals surface area contributed by atoms with Gasteiger partial charge in [-0.1, -0.05) is 17.7 Å². The molecular formula is C15H20ClNO. The summed E-state index contributed by atoms with van der Waals surface area (Å²) in [5.74, 6) is 1.26. The average molecular weight is 266 g/mol. The van der Waals surface area contributed by atoms with Crippen LogP contribution in [0.3, 0.4) is 0 Å². The molecular weight excluding hydrogens is 246 g/mol. The Balaban J connectivity index is 2.15. The van der Waals surface area contributed by atoms with Crippen molar-refractivity contribution in [3.05, 3.63) is 34.9 Å². The molecule has 1 aromatic rings. The van der Waals surface area contributed by atoms with Crippen LogP contribution >= 0.6 is 11.6 Å². The van der Waals surface area contributed by atoms with Crippen molar-refractivity contribution in [2.24, 2.45) is 5.92 Å². The monoisotopic (exact) mass is 265 g/mol. The molecule has 1 saturated heterocycles. The molecule has 98 valence electrons. The summed E-state index contributed by atoms with van der Waals surface area (Å²) in [6.07, 6.45) is 2.20. The van der Waals surface area contributed by atoms with Gasteiger partial charge >= 0.3 is 0 Å². The first-order valence-corrected chi connectivity index (χ1v) is 7.07. The van der Waals surface area contributed by atoms with Crippen LogP contribution in [-0.4, -0.2) is 29.8 Å². The zero-order valence-corrected chi connectivity index (χ0v) is 11.8. The van der Waals surface area contributed by atoms with E-state index in [9.17, 15) is 4.79 Å². The molecule has 0 aliphatic carbocycles. The normalized spacial score (nSPS) is 19.9. The Bertz CT molecular complexity index is 444. The lowest BCUT2D eigenvalue weighted by molar-refractivity contribution is 0.0684. The molecule has 2 nitrogen and oxygen atoms in total. The van der Waals surface area contributed by atoms with Crippen LogP contribution in [0, 0.1) is 19.8 Å². The number of carbonyl (C=O) groups is 1. The van der Waals surface area contributed by atoms with Crippen LogP contribution < -0.4 is 0 Å². The molecule has 0 bridgehead atoms. The number of amides is 1. The number of rotatable bonds is 2. The highest BCUT2D eigenvalue weighted by Crippen LogP contribution is 2.21. The lowest BCUT2D eigenvalue weighted by atomic mass is 9.98. The first-order valence-electron chi connectivity index (χ1n) is 6.54. The minimum absolute atomic E-state index is 0.155. The largest absolute Gasteiger partial charge is 0.338 e. The minimum atomic E-state index is 0.155. The van der Waals surface area contributed by atoms with Crippen molar-refractivity contribution in [1.82, 2.24) is 4.90 Å². The van der Waals surface area contributed by atoms with Crippen molar-refractivity contribution in [1.29, 1.82) is 0 Å². The molecule has 1 heterocycles. The highest BCUT2D eigenvalue weighted by Gasteiger charge is 2.24. The fourth-order valence-corrected chi connectivity index (χ4v) is 2.85. The second-order valence-corrected chi connectivity index (χ2v) is 5.54. The summed E-state index contributed by atoms with van der Waals surface area (Å²) >= 11 is 5.91. The first-order chi connectivity index (χ1) is 8.61. The number of alkyl halides is 1. The molecule has 1 aromatic carbocycles. The number of aryl methyl sites for hydroxylation is 2. The number of nitrogens with zero attached hydrogens (tertiary/aromatic N) is 1. The summed E-state index contributed by atoms with van der Waals surface area (Å²) in [7, 11) is 0. The second kappa shape index (κ2) is 5.75. The summed E-state index contributed by atoms with van der Waals surface area (Å²) in [6, 6.07) is 6.01. The van der Waals surface area contributed by atoms with Crippen molar-refractivity contribution in [2.75, 3.05) is 19.0 Å². The number of likely N-dealkylation sites (tertiary alicyclic amines) is 1. The van der Waals surface area contributed by atoms with E-state index in [0.717, 1.165) is 37.1 Å². The molecule has 1 aliphatic heterocycles. The summed E-state index contributed by atoms with van der Waals surface area (Å²) in [5, 5.41) is 0. The van der Waals surface area contributed by atoms with Gasteiger partial charge in [0.2, 0.25) is 0 Å². The van der Waals surface area contributed by atoms with Crippen molar-refractivity contribution in [3.8, 4) is 0 Å². The Kier molecular flexibility index (Phi) is 4.28. The third kappa shape index (κ3) is 2.86. The van der Waals surface area contributed by atoms with Crippen LogP contribution in [0.4, 0.5) is 0 Å². The quantitative estimate of drug-likeness (QED) is 0.751. The Morgan fingerprint density at radius 2 is 2.22 bits per heavy atom. The summed E-state index contributed by atoms with van der Waals surface area (Å²) in [4.78, 5) is 14.4. The highest BCUT2D eigenvalue weighted by molar-refractivity contribution is 6.18. The molecule has 1 unspecified atom stereocenters. The number of hydrogen-bond donors (Lipinski definition) is 0. The van der Waals surface area contributed by atoms with Gasteiger partial charge in [-0.25, -0.2) is 0 Å². The van der Waals surface area contributed by atoms with Crippen LogP contribution in [0.2, 0.25) is 0 Å². The van der Waals surface area contributed by atoms with Gasteiger partial charge in [-0.15, -0.1) is 11.6 Å². The second-order valence-electron chi connectivity index (χ2n) is 5.23. The maximum absolute atomic E-state index is 12.5. The van der Waals surface area contributed by atoms with Crippen LogP contribution in [0.15, 0.2) is 18.2 Å². The van der Waals surface area contributed by atoms with E-state index in [2.05, 4.69) is 6.07 Å². The van der Waals surface area contributed by atoms with Gasteiger partial charge in [0, 0.05) is 24.5 Å². The maximum Gasteiger partial charge on any atom is 0.254 e. The smallest absolute Gasteiger partial charge is 0.254 e. The molecule has 1 amide bonds. The average Bonchev–Trinajstić information content (AvgIpc) is 2.38. The first kappa shape index (κ1) is 13.4. The van der Waals surface area contributed by atoms with Crippen LogP contribution in [-0.2, 0) is 0 Å². The van der Waals surface area contributed by atoms with Gasteiger partial charge in [0.1, 0.15) is 0 Å². The van der Waals surface area contributed by atoms with Crippen molar-refractivity contribution in [3.63, 3.8) is 0 Å². The van der Waals surface area contributed by atoms with E-state index >= 15 is 0 Å². The van der Waals surface area contributed by atoms with Crippen molar-refractivity contribution < 1.29 is 4.79 Å². The molecule has 0 spiro atoms. The van der Waals surface area contributed by atoms with E-state index in [0.29, 0.717) is 11.8 Å². The van der Waals surface area contributed by atoms with Gasteiger partial charge < -0.3 is 4.90 Å². The SMILES string of the molecule is Cc1ccc(C(=O)N2CCCC(CCl)C2)c(C)c1. The minimum Gasteiger partial charge on any atom is -0.338 e. The number of benzene rings is 1. The van der Waals surface area contributed by atoms with E-state index in [1.165, 1.54) is 5.56 Å². The molecule has 2 rings (SSSR count). The molecule has 0 radical (unpaired) electrons. The molecule has 3 heteroatoms. The number of carbonyl (C=O) groups excluding carboxylic acids is 1. The molecule has 1 aliphatic rings. The molecule has 0 aromatic heterocycles. The van der Waals surface area contributed by atoms with Crippen molar-refractivity contribution >= 4 is 17.5 Å². The molecule has 0 saturated carbocycles. The predicted molar refractivity (Wildman–Crippen MR) is 75.3 cm³/mol. The third-order valence-electron chi connectivity index (χ3n) is 3.64. The van der Waals surface area contributed by atoms with Gasteiger partial charge in [0.15, 0.2) is 0 Å². The van der Waals surface area contributed by atoms with E-state index in [1.807, 2.05) is 30.9 Å². The Morgan fingerprint density at radius 1 is 1.44 bits per heavy atom. The zero-order chi connectivity index (χ0) is 13.1. The van der Waals surface area contributed by atoms with Gasteiger partial charge in [-0.3, -0.25) is 4.79 Å². The van der Waals surface area contributed by atoms with Crippen LogP contribution in [0.1, 0.15) is 34.3 Å². The van der Waals surface area contributed by atoms with Gasteiger partial charge in [0.05, 0.1) is 0 Å². The lowest BCUT2D eigenvalue weighted by Gasteiger charge is -2.32. The van der Waals surface area contributed by atoms with Crippen LogP contribution in [0.5, 0.6) is 0 Å². The Morgan fingerprint density at radius 3 is 2.89 bits per heavy atom. The van der Waals surface area contributed by atoms with E-state index < -0.39 is 0 Å². The summed E-state index contributed by atoms with van der Waals surface area (Å²) < 4.78 is 0. The Labute approximate surface area is 114 Å². The standard InChI is InChI=1S/C15H20ClNO/c1-11-5-6-14(12(2)8-11)15(18)17-7-3-4-13(9-16)10-17/h5-6,8,13H,3-4,7,9-10H2,1-2H3. The third-order valence-corrected chi connectivity index (χ3v) is 4.07. The zero-order valence-electron chi connectivity index (χ0n) is 11.1.